The monoisotopic (exact) mass is 1030 g/mol. The van der Waals surface area contributed by atoms with Gasteiger partial charge >= 0.3 is 6.09 Å². The molecule has 3 N–H and O–H groups in total. The van der Waals surface area contributed by atoms with Gasteiger partial charge in [-0.1, -0.05) is 25.1 Å². The maximum Gasteiger partial charge on any atom is 0.407 e. The van der Waals surface area contributed by atoms with Gasteiger partial charge in [-0.2, -0.15) is 8.42 Å². The Bertz CT molecular complexity index is 1920. The van der Waals surface area contributed by atoms with Crippen LogP contribution in [0.2, 0.25) is 0 Å². The highest BCUT2D eigenvalue weighted by Crippen LogP contribution is 2.28. The highest BCUT2D eigenvalue weighted by atomic mass is 32.2. The second-order valence-corrected chi connectivity index (χ2v) is 16.2. The molecule has 25 nitrogen and oxygen atoms in total. The summed E-state index contributed by atoms with van der Waals surface area (Å²) >= 11 is 0. The van der Waals surface area contributed by atoms with Gasteiger partial charge in [-0.15, -0.1) is 0 Å². The van der Waals surface area contributed by atoms with Crippen LogP contribution in [-0.2, 0) is 86.2 Å². The molecule has 0 unspecified atom stereocenters. The molecule has 1 aromatic rings. The fraction of sp³-hybridized carbons (Fsp3) is 0.644. The highest BCUT2D eigenvalue weighted by molar-refractivity contribution is 7.85. The van der Waals surface area contributed by atoms with Crippen molar-refractivity contribution in [1.82, 2.24) is 20.6 Å². The Hall–Kier alpha value is -4.81. The Morgan fingerprint density at radius 2 is 1.08 bits per heavy atom. The molecule has 0 bridgehead atoms. The molecule has 2 aliphatic rings. The summed E-state index contributed by atoms with van der Waals surface area (Å²) in [6.45, 7) is 9.71. The number of amides is 5. The molecule has 1 aromatic carbocycles. The SMILES string of the molecule is CCCN(OCCNC(=O)OCCOCCOCCOCCOCCOCCOCCOCCOCCOCCOCCNC(=O)CN1C(=O)C=CC1=O)C(=O)C1=Nc2cc(S(=O)(=O)O)ccc2C=CC1. The number of hydroxylamine groups is 2. The minimum absolute atomic E-state index is 0.0174. The van der Waals surface area contributed by atoms with E-state index < -0.39 is 39.8 Å². The van der Waals surface area contributed by atoms with Crippen LogP contribution in [-0.4, -0.2) is 230 Å². The van der Waals surface area contributed by atoms with Crippen molar-refractivity contribution in [3.8, 4) is 0 Å². The first-order valence-corrected chi connectivity index (χ1v) is 24.7. The van der Waals surface area contributed by atoms with Gasteiger partial charge in [0.05, 0.1) is 149 Å². The van der Waals surface area contributed by atoms with Gasteiger partial charge < -0.3 is 62.7 Å². The maximum atomic E-state index is 13.2. The van der Waals surface area contributed by atoms with E-state index >= 15 is 0 Å². The quantitative estimate of drug-likeness (QED) is 0.0348. The standard InChI is InChI=1S/C45H69N5O20S/c1-2-12-50(44(54)39-5-3-4-37-6-7-38(71(56,57)58)35-40(37)48-39)70-14-11-47-45(55)69-34-33-68-32-31-67-30-29-66-28-27-65-26-25-64-24-23-63-22-21-62-20-19-61-18-17-60-16-15-59-13-10-46-41(51)36-49-42(52)8-9-43(49)53/h3-4,6-9,35H,2,5,10-34,36H2,1H3,(H,46,51)(H,47,55)(H,56,57,58). The number of allylic oxidation sites excluding steroid dienone is 1. The second kappa shape index (κ2) is 37.9. The number of carbonyl (C=O) groups excluding carboxylic acids is 5. The van der Waals surface area contributed by atoms with Crippen LogP contribution in [0.15, 0.2) is 46.3 Å². The van der Waals surface area contributed by atoms with E-state index in [2.05, 4.69) is 15.6 Å². The third-order valence-corrected chi connectivity index (χ3v) is 10.1. The molecule has 0 saturated carbocycles. The van der Waals surface area contributed by atoms with Crippen LogP contribution in [0.25, 0.3) is 6.08 Å². The van der Waals surface area contributed by atoms with Gasteiger partial charge in [0.1, 0.15) is 18.9 Å². The van der Waals surface area contributed by atoms with Gasteiger partial charge in [0, 0.05) is 38.2 Å². The summed E-state index contributed by atoms with van der Waals surface area (Å²) in [6, 6.07) is 3.95. The third kappa shape index (κ3) is 28.1. The van der Waals surface area contributed by atoms with Crippen molar-refractivity contribution < 1.29 is 93.9 Å². The van der Waals surface area contributed by atoms with Crippen molar-refractivity contribution in [2.45, 2.75) is 24.7 Å². The molecule has 2 heterocycles. The molecule has 0 aliphatic carbocycles. The number of fused-ring (bicyclic) bond motifs is 1. The van der Waals surface area contributed by atoms with Crippen LogP contribution in [0.3, 0.4) is 0 Å². The Balaban J connectivity index is 0.983. The van der Waals surface area contributed by atoms with Gasteiger partial charge in [0.25, 0.3) is 27.8 Å². The number of hydrogen-bond acceptors (Lipinski definition) is 20. The fourth-order valence-electron chi connectivity index (χ4n) is 5.80. The largest absolute Gasteiger partial charge is 0.447 e. The lowest BCUT2D eigenvalue weighted by molar-refractivity contribution is -0.178. The summed E-state index contributed by atoms with van der Waals surface area (Å²) in [6.07, 6.45) is 5.76. The lowest BCUT2D eigenvalue weighted by atomic mass is 10.1. The van der Waals surface area contributed by atoms with E-state index in [1.165, 1.54) is 18.2 Å². The lowest BCUT2D eigenvalue weighted by Crippen LogP contribution is -2.41. The minimum Gasteiger partial charge on any atom is -0.447 e. The number of benzene rings is 1. The van der Waals surface area contributed by atoms with E-state index in [1.54, 1.807) is 12.2 Å². The molecular weight excluding hydrogens is 963 g/mol. The van der Waals surface area contributed by atoms with E-state index in [9.17, 15) is 36.9 Å². The van der Waals surface area contributed by atoms with Crippen LogP contribution >= 0.6 is 0 Å². The fourth-order valence-corrected chi connectivity index (χ4v) is 6.30. The van der Waals surface area contributed by atoms with Crippen molar-refractivity contribution >= 4 is 57.3 Å². The Morgan fingerprint density at radius 1 is 0.634 bits per heavy atom. The average molecular weight is 1030 g/mol. The van der Waals surface area contributed by atoms with E-state index in [0.717, 1.165) is 22.1 Å². The first-order chi connectivity index (χ1) is 34.5. The third-order valence-electron chi connectivity index (χ3n) is 9.26. The number of aliphatic imine (C=N–C) groups is 1. The van der Waals surface area contributed by atoms with E-state index in [0.29, 0.717) is 131 Å². The van der Waals surface area contributed by atoms with E-state index in [-0.39, 0.29) is 75.3 Å². The van der Waals surface area contributed by atoms with Gasteiger partial charge in [-0.05, 0) is 24.1 Å². The molecule has 0 atom stereocenters. The van der Waals surface area contributed by atoms with Crippen LogP contribution in [0.1, 0.15) is 25.3 Å². The number of rotatable bonds is 43. The molecule has 0 radical (unpaired) electrons. The number of nitrogens with zero attached hydrogens (tertiary/aromatic N) is 3. The maximum absolute atomic E-state index is 13.2. The van der Waals surface area contributed by atoms with Crippen molar-refractivity contribution in [3.05, 3.63) is 42.0 Å². The predicted octanol–water partition coefficient (Wildman–Crippen LogP) is 0.526. The number of hydrogen-bond donors (Lipinski definition) is 3. The van der Waals surface area contributed by atoms with Crippen LogP contribution in [0, 0.1) is 0 Å². The van der Waals surface area contributed by atoms with Crippen LogP contribution < -0.4 is 10.6 Å². The smallest absolute Gasteiger partial charge is 0.407 e. The zero-order valence-electron chi connectivity index (χ0n) is 40.3. The average Bonchev–Trinajstić information content (AvgIpc) is 3.51. The van der Waals surface area contributed by atoms with Gasteiger partial charge in [0.15, 0.2) is 0 Å². The van der Waals surface area contributed by atoms with Gasteiger partial charge in [0.2, 0.25) is 5.91 Å². The molecule has 0 aromatic heterocycles. The van der Waals surface area contributed by atoms with E-state index in [1.807, 2.05) is 6.92 Å². The number of carbonyl (C=O) groups is 5. The molecule has 0 fully saturated rings. The molecular formula is C45H69N5O20S. The van der Waals surface area contributed by atoms with Crippen molar-refractivity contribution in [1.29, 1.82) is 0 Å². The summed E-state index contributed by atoms with van der Waals surface area (Å²) in [5.41, 5.74) is 0.921. The molecule has 2 aliphatic heterocycles. The van der Waals surface area contributed by atoms with Gasteiger partial charge in [-0.25, -0.2) is 14.9 Å². The molecule has 0 saturated heterocycles. The topological polar surface area (TPSA) is 293 Å². The van der Waals surface area contributed by atoms with Crippen LogP contribution in [0.4, 0.5) is 10.5 Å². The summed E-state index contributed by atoms with van der Waals surface area (Å²) in [4.78, 5) is 70.5. The Morgan fingerprint density at radius 3 is 1.55 bits per heavy atom. The Labute approximate surface area is 414 Å². The normalized spacial score (nSPS) is 13.3. The summed E-state index contributed by atoms with van der Waals surface area (Å²) in [5.74, 6) is -1.96. The first kappa shape index (κ1) is 60.5. The van der Waals surface area contributed by atoms with Crippen molar-refractivity contribution in [2.24, 2.45) is 4.99 Å². The molecule has 3 rings (SSSR count). The molecule has 5 amide bonds. The number of nitrogens with one attached hydrogen (secondary N) is 2. The molecule has 400 valence electrons. The predicted molar refractivity (Wildman–Crippen MR) is 251 cm³/mol. The summed E-state index contributed by atoms with van der Waals surface area (Å²) in [5, 5.41) is 6.27. The molecule has 0 spiro atoms. The van der Waals surface area contributed by atoms with E-state index in [4.69, 9.17) is 56.9 Å². The number of alkyl carbamates (subject to hydrolysis) is 1. The molecule has 26 heteroatoms. The second-order valence-electron chi connectivity index (χ2n) is 14.7. The minimum atomic E-state index is -4.45. The van der Waals surface area contributed by atoms with Gasteiger partial charge in [-0.3, -0.25) is 33.5 Å². The zero-order chi connectivity index (χ0) is 51.2. The zero-order valence-corrected chi connectivity index (χ0v) is 41.1. The summed E-state index contributed by atoms with van der Waals surface area (Å²) in [7, 11) is -4.45. The highest BCUT2D eigenvalue weighted by Gasteiger charge is 2.25. The number of ether oxygens (including phenoxy) is 11. The van der Waals surface area contributed by atoms with Crippen LogP contribution in [0.5, 0.6) is 0 Å². The number of imide groups is 1. The van der Waals surface area contributed by atoms with Crippen molar-refractivity contribution in [2.75, 3.05) is 172 Å². The Kier molecular flexibility index (Phi) is 32.3. The summed E-state index contributed by atoms with van der Waals surface area (Å²) < 4.78 is 92.2. The van der Waals surface area contributed by atoms with Crippen molar-refractivity contribution in [3.63, 3.8) is 0 Å². The lowest BCUT2D eigenvalue weighted by Gasteiger charge is -2.22. The first-order valence-electron chi connectivity index (χ1n) is 23.3. The molecule has 71 heavy (non-hydrogen) atoms.